The summed E-state index contributed by atoms with van der Waals surface area (Å²) < 4.78 is 0. The van der Waals surface area contributed by atoms with Crippen LogP contribution in [0.5, 0.6) is 0 Å². The van der Waals surface area contributed by atoms with Crippen molar-refractivity contribution in [2.45, 2.75) is 0 Å². The van der Waals surface area contributed by atoms with Crippen LogP contribution in [0.1, 0.15) is 10.5 Å². The molecule has 0 fully saturated rings. The fraction of sp³-hybridized carbons (Fsp3) is 0.111. The summed E-state index contributed by atoms with van der Waals surface area (Å²) in [6.07, 6.45) is 1.77. The number of thioether (sulfide) groups is 1. The van der Waals surface area contributed by atoms with Gasteiger partial charge in [0.25, 0.3) is 0 Å². The number of carbonyl (C=O) groups is 1. The average Bonchev–Trinajstić information content (AvgIpc) is 2.86. The standard InChI is InChI=1S/C9H7NOS3/c1-12-9(11)6-5-14-8(10-6)7-3-2-4-13-7/h2-5H,1H3. The van der Waals surface area contributed by atoms with Gasteiger partial charge in [-0.15, -0.1) is 22.7 Å². The molecule has 0 spiro atoms. The van der Waals surface area contributed by atoms with Crippen LogP contribution in [-0.2, 0) is 0 Å². The van der Waals surface area contributed by atoms with Crippen molar-refractivity contribution in [3.05, 3.63) is 28.6 Å². The Morgan fingerprint density at radius 1 is 1.50 bits per heavy atom. The fourth-order valence-electron chi connectivity index (χ4n) is 0.985. The van der Waals surface area contributed by atoms with Gasteiger partial charge in [0.05, 0.1) is 4.88 Å². The van der Waals surface area contributed by atoms with E-state index in [1.54, 1.807) is 17.6 Å². The van der Waals surface area contributed by atoms with E-state index < -0.39 is 0 Å². The summed E-state index contributed by atoms with van der Waals surface area (Å²) >= 11 is 4.35. The second-order valence-corrected chi connectivity index (χ2v) is 5.09. The van der Waals surface area contributed by atoms with Gasteiger partial charge in [-0.1, -0.05) is 17.8 Å². The first-order valence-corrected chi connectivity index (χ1v) is 6.87. The predicted octanol–water partition coefficient (Wildman–Crippen LogP) is 3.37. The number of nitrogens with zero attached hydrogens (tertiary/aromatic N) is 1. The fourth-order valence-corrected chi connectivity index (χ4v) is 2.99. The number of carbonyl (C=O) groups excluding carboxylic acids is 1. The van der Waals surface area contributed by atoms with Crippen LogP contribution in [0.4, 0.5) is 0 Å². The molecule has 0 amide bonds. The van der Waals surface area contributed by atoms with E-state index in [1.165, 1.54) is 23.1 Å². The third kappa shape index (κ3) is 1.89. The third-order valence-corrected chi connectivity index (χ3v) is 4.09. The molecule has 0 radical (unpaired) electrons. The Balaban J connectivity index is 2.31. The van der Waals surface area contributed by atoms with Crippen molar-refractivity contribution in [3.8, 4) is 9.88 Å². The molecule has 2 rings (SSSR count). The minimum Gasteiger partial charge on any atom is -0.280 e. The lowest BCUT2D eigenvalue weighted by Gasteiger charge is -1.88. The van der Waals surface area contributed by atoms with Crippen LogP contribution in [0.25, 0.3) is 9.88 Å². The van der Waals surface area contributed by atoms with Gasteiger partial charge in [-0.2, -0.15) is 0 Å². The monoisotopic (exact) mass is 241 g/mol. The SMILES string of the molecule is CSC(=O)c1csc(-c2cccs2)n1. The van der Waals surface area contributed by atoms with E-state index in [-0.39, 0.29) is 5.12 Å². The molecule has 0 unspecified atom stereocenters. The molecular weight excluding hydrogens is 234 g/mol. The zero-order valence-electron chi connectivity index (χ0n) is 7.39. The molecule has 72 valence electrons. The van der Waals surface area contributed by atoms with Crippen molar-refractivity contribution < 1.29 is 4.79 Å². The van der Waals surface area contributed by atoms with E-state index in [0.717, 1.165) is 9.88 Å². The maximum atomic E-state index is 11.3. The highest BCUT2D eigenvalue weighted by atomic mass is 32.2. The van der Waals surface area contributed by atoms with Crippen LogP contribution in [0.15, 0.2) is 22.9 Å². The summed E-state index contributed by atoms with van der Waals surface area (Å²) in [5.74, 6) is 0. The molecule has 2 nitrogen and oxygen atoms in total. The summed E-state index contributed by atoms with van der Waals surface area (Å²) in [7, 11) is 0. The van der Waals surface area contributed by atoms with Crippen molar-refractivity contribution in [2.24, 2.45) is 0 Å². The number of thiophene rings is 1. The Hall–Kier alpha value is -0.650. The van der Waals surface area contributed by atoms with Gasteiger partial charge in [0.1, 0.15) is 10.7 Å². The molecule has 2 heterocycles. The second kappa shape index (κ2) is 4.25. The first kappa shape index (κ1) is 9.89. The summed E-state index contributed by atoms with van der Waals surface area (Å²) in [5.41, 5.74) is 0.561. The first-order chi connectivity index (χ1) is 6.81. The zero-order chi connectivity index (χ0) is 9.97. The highest BCUT2D eigenvalue weighted by Crippen LogP contribution is 2.28. The van der Waals surface area contributed by atoms with Gasteiger partial charge in [-0.3, -0.25) is 4.79 Å². The van der Waals surface area contributed by atoms with Crippen LogP contribution in [0.3, 0.4) is 0 Å². The number of hydrogen-bond donors (Lipinski definition) is 0. The van der Waals surface area contributed by atoms with Crippen molar-refractivity contribution in [3.63, 3.8) is 0 Å². The van der Waals surface area contributed by atoms with E-state index in [9.17, 15) is 4.79 Å². The van der Waals surface area contributed by atoms with Crippen LogP contribution < -0.4 is 0 Å². The van der Waals surface area contributed by atoms with Crippen LogP contribution >= 0.6 is 34.4 Å². The average molecular weight is 241 g/mol. The van der Waals surface area contributed by atoms with Crippen LogP contribution in [-0.4, -0.2) is 16.4 Å². The molecular formula is C9H7NOS3. The predicted molar refractivity (Wildman–Crippen MR) is 63.3 cm³/mol. The third-order valence-electron chi connectivity index (χ3n) is 1.63. The van der Waals surface area contributed by atoms with Gasteiger partial charge in [-0.25, -0.2) is 4.98 Å². The maximum absolute atomic E-state index is 11.3. The Morgan fingerprint density at radius 2 is 2.36 bits per heavy atom. The molecule has 14 heavy (non-hydrogen) atoms. The molecule has 0 aliphatic rings. The van der Waals surface area contributed by atoms with Crippen molar-refractivity contribution in [1.82, 2.24) is 4.98 Å². The molecule has 0 aliphatic heterocycles. The van der Waals surface area contributed by atoms with Crippen molar-refractivity contribution in [2.75, 3.05) is 6.26 Å². The molecule has 2 aromatic heterocycles. The molecule has 2 aromatic rings. The summed E-state index contributed by atoms with van der Waals surface area (Å²) in [4.78, 5) is 16.7. The maximum Gasteiger partial charge on any atom is 0.238 e. The van der Waals surface area contributed by atoms with Crippen LogP contribution in [0, 0.1) is 0 Å². The Kier molecular flexibility index (Phi) is 3.00. The van der Waals surface area contributed by atoms with Crippen molar-refractivity contribution in [1.29, 1.82) is 0 Å². The number of thiazole rings is 1. The molecule has 0 atom stereocenters. The van der Waals surface area contributed by atoms with Gasteiger partial charge >= 0.3 is 0 Å². The Bertz CT molecular complexity index is 433. The van der Waals surface area contributed by atoms with E-state index >= 15 is 0 Å². The topological polar surface area (TPSA) is 30.0 Å². The van der Waals surface area contributed by atoms with Gasteiger partial charge < -0.3 is 0 Å². The first-order valence-electron chi connectivity index (χ1n) is 3.89. The lowest BCUT2D eigenvalue weighted by Crippen LogP contribution is -1.91. The van der Waals surface area contributed by atoms with Gasteiger partial charge in [-0.05, 0) is 17.7 Å². The summed E-state index contributed by atoms with van der Waals surface area (Å²) in [6.45, 7) is 0. The number of aromatic nitrogens is 1. The lowest BCUT2D eigenvalue weighted by molar-refractivity contribution is 0.108. The van der Waals surface area contributed by atoms with E-state index in [0.29, 0.717) is 5.69 Å². The quantitative estimate of drug-likeness (QED) is 0.807. The second-order valence-electron chi connectivity index (χ2n) is 2.51. The van der Waals surface area contributed by atoms with Gasteiger partial charge in [0.15, 0.2) is 0 Å². The molecule has 0 saturated heterocycles. The molecule has 0 N–H and O–H groups in total. The summed E-state index contributed by atoms with van der Waals surface area (Å²) in [6, 6.07) is 3.99. The smallest absolute Gasteiger partial charge is 0.238 e. The van der Waals surface area contributed by atoms with E-state index in [1.807, 2.05) is 22.9 Å². The number of rotatable bonds is 2. The molecule has 0 aliphatic carbocycles. The highest BCUT2D eigenvalue weighted by Gasteiger charge is 2.10. The molecule has 0 saturated carbocycles. The molecule has 0 bridgehead atoms. The van der Waals surface area contributed by atoms with Crippen molar-refractivity contribution >= 4 is 39.6 Å². The highest BCUT2D eigenvalue weighted by molar-refractivity contribution is 8.13. The van der Waals surface area contributed by atoms with Gasteiger partial charge in [0, 0.05) is 5.38 Å². The minimum atomic E-state index is 0.0315. The number of hydrogen-bond acceptors (Lipinski definition) is 5. The summed E-state index contributed by atoms with van der Waals surface area (Å²) in [5, 5.41) is 4.78. The Labute approximate surface area is 94.0 Å². The molecule has 0 aromatic carbocycles. The van der Waals surface area contributed by atoms with Crippen LogP contribution in [0.2, 0.25) is 0 Å². The minimum absolute atomic E-state index is 0.0315. The van der Waals surface area contributed by atoms with E-state index in [2.05, 4.69) is 4.98 Å². The Morgan fingerprint density at radius 3 is 3.00 bits per heavy atom. The zero-order valence-corrected chi connectivity index (χ0v) is 9.84. The largest absolute Gasteiger partial charge is 0.280 e. The molecule has 5 heteroatoms. The van der Waals surface area contributed by atoms with E-state index in [4.69, 9.17) is 0 Å². The lowest BCUT2D eigenvalue weighted by atomic mass is 10.5. The van der Waals surface area contributed by atoms with Gasteiger partial charge in [0.2, 0.25) is 5.12 Å². The normalized spacial score (nSPS) is 10.4.